The van der Waals surface area contributed by atoms with Crippen molar-refractivity contribution in [3.63, 3.8) is 0 Å². The molecule has 50 heavy (non-hydrogen) atoms. The van der Waals surface area contributed by atoms with Gasteiger partial charge in [0.2, 0.25) is 0 Å². The minimum atomic E-state index is -0.783. The number of allylic oxidation sites excluding steroid dienone is 10. The van der Waals surface area contributed by atoms with Gasteiger partial charge in [-0.2, -0.15) is 0 Å². The van der Waals surface area contributed by atoms with Crippen LogP contribution in [0.1, 0.15) is 194 Å². The van der Waals surface area contributed by atoms with Crippen molar-refractivity contribution in [1.29, 1.82) is 0 Å². The van der Waals surface area contributed by atoms with E-state index >= 15 is 0 Å². The van der Waals surface area contributed by atoms with E-state index in [-0.39, 0.29) is 25.2 Å². The largest absolute Gasteiger partial charge is 0.462 e. The van der Waals surface area contributed by atoms with Crippen LogP contribution in [-0.2, 0) is 19.1 Å². The topological polar surface area (TPSA) is 72.8 Å². The second-order valence-corrected chi connectivity index (χ2v) is 13.7. The Hall–Kier alpha value is -2.40. The van der Waals surface area contributed by atoms with Crippen molar-refractivity contribution in [2.75, 3.05) is 13.2 Å². The van der Waals surface area contributed by atoms with E-state index in [0.29, 0.717) is 12.8 Å². The Balaban J connectivity index is 3.60. The number of unbranched alkanes of at least 4 members (excludes halogenated alkanes) is 19. The zero-order valence-corrected chi connectivity index (χ0v) is 32.6. The Morgan fingerprint density at radius 1 is 0.460 bits per heavy atom. The molecule has 0 radical (unpaired) electrons. The summed E-state index contributed by atoms with van der Waals surface area (Å²) in [5, 5.41) is 9.57. The summed E-state index contributed by atoms with van der Waals surface area (Å²) in [5.74, 6) is -0.616. The number of hydrogen-bond acceptors (Lipinski definition) is 5. The molecule has 5 nitrogen and oxygen atoms in total. The van der Waals surface area contributed by atoms with Crippen molar-refractivity contribution in [3.05, 3.63) is 60.8 Å². The minimum Gasteiger partial charge on any atom is -0.462 e. The molecule has 0 saturated heterocycles. The van der Waals surface area contributed by atoms with Crippen LogP contribution in [0.4, 0.5) is 0 Å². The fraction of sp³-hybridized carbons (Fsp3) is 0.733. The lowest BCUT2D eigenvalue weighted by atomic mass is 10.1. The summed E-state index contributed by atoms with van der Waals surface area (Å²) in [6.45, 7) is 4.06. The van der Waals surface area contributed by atoms with Crippen LogP contribution in [0.25, 0.3) is 0 Å². The number of carbonyl (C=O) groups is 2. The second kappa shape index (κ2) is 41.0. The van der Waals surface area contributed by atoms with Gasteiger partial charge in [0.05, 0.1) is 6.61 Å². The summed E-state index contributed by atoms with van der Waals surface area (Å²) < 4.78 is 10.6. The SMILES string of the molecule is CCCCC/C=C\C/C=C\C/C=C\CCCCCCCCC(=O)O[C@@H](CO)COC(=O)CCCCCCCCC/C=C\C/C=C\CCCCC. The first-order valence-corrected chi connectivity index (χ1v) is 20.8. The molecule has 0 aliphatic carbocycles. The number of aliphatic hydroxyl groups is 1. The van der Waals surface area contributed by atoms with E-state index in [0.717, 1.165) is 70.6 Å². The molecule has 1 atom stereocenters. The highest BCUT2D eigenvalue weighted by atomic mass is 16.6. The van der Waals surface area contributed by atoms with Gasteiger partial charge in [-0.05, 0) is 83.5 Å². The average Bonchev–Trinajstić information content (AvgIpc) is 3.12. The lowest BCUT2D eigenvalue weighted by Gasteiger charge is -2.15. The zero-order chi connectivity index (χ0) is 36.4. The molecule has 0 aliphatic rings. The van der Waals surface area contributed by atoms with E-state index in [1.54, 1.807) is 0 Å². The van der Waals surface area contributed by atoms with Gasteiger partial charge in [0, 0.05) is 12.8 Å². The van der Waals surface area contributed by atoms with Crippen LogP contribution >= 0.6 is 0 Å². The molecule has 0 aromatic rings. The third kappa shape index (κ3) is 38.4. The third-order valence-corrected chi connectivity index (χ3v) is 8.78. The highest BCUT2D eigenvalue weighted by Gasteiger charge is 2.16. The quantitative estimate of drug-likeness (QED) is 0.0397. The second-order valence-electron chi connectivity index (χ2n) is 13.7. The van der Waals surface area contributed by atoms with Gasteiger partial charge in [0.15, 0.2) is 6.10 Å². The van der Waals surface area contributed by atoms with E-state index < -0.39 is 6.10 Å². The summed E-state index contributed by atoms with van der Waals surface area (Å²) in [7, 11) is 0. The third-order valence-electron chi connectivity index (χ3n) is 8.78. The summed E-state index contributed by atoms with van der Waals surface area (Å²) in [5.41, 5.74) is 0. The van der Waals surface area contributed by atoms with E-state index in [2.05, 4.69) is 74.6 Å². The Kier molecular flexibility index (Phi) is 39.1. The Morgan fingerprint density at radius 2 is 0.800 bits per heavy atom. The molecular weight excluding hydrogens is 620 g/mol. The van der Waals surface area contributed by atoms with Crippen molar-refractivity contribution >= 4 is 11.9 Å². The number of carbonyl (C=O) groups excluding carboxylic acids is 2. The molecule has 0 amide bonds. The first kappa shape index (κ1) is 47.6. The summed E-state index contributed by atoms with van der Waals surface area (Å²) >= 11 is 0. The smallest absolute Gasteiger partial charge is 0.306 e. The average molecular weight is 699 g/mol. The zero-order valence-electron chi connectivity index (χ0n) is 32.6. The molecule has 0 bridgehead atoms. The van der Waals surface area contributed by atoms with Crippen LogP contribution < -0.4 is 0 Å². The van der Waals surface area contributed by atoms with Gasteiger partial charge in [0.1, 0.15) is 6.61 Å². The molecule has 0 rings (SSSR count). The Bertz CT molecular complexity index is 884. The molecule has 0 unspecified atom stereocenters. The van der Waals surface area contributed by atoms with Crippen LogP contribution in [0, 0.1) is 0 Å². The highest BCUT2D eigenvalue weighted by Crippen LogP contribution is 2.12. The number of esters is 2. The Morgan fingerprint density at radius 3 is 1.20 bits per heavy atom. The van der Waals surface area contributed by atoms with Crippen LogP contribution in [-0.4, -0.2) is 36.4 Å². The van der Waals surface area contributed by atoms with E-state index in [1.807, 2.05) is 0 Å². The van der Waals surface area contributed by atoms with Crippen molar-refractivity contribution < 1.29 is 24.2 Å². The van der Waals surface area contributed by atoms with Gasteiger partial charge in [-0.3, -0.25) is 9.59 Å². The molecule has 1 N–H and O–H groups in total. The lowest BCUT2D eigenvalue weighted by Crippen LogP contribution is -2.28. The van der Waals surface area contributed by atoms with Crippen LogP contribution in [0.5, 0.6) is 0 Å². The van der Waals surface area contributed by atoms with E-state index in [1.165, 1.54) is 96.3 Å². The number of hydrogen-bond donors (Lipinski definition) is 1. The summed E-state index contributed by atoms with van der Waals surface area (Å²) in [6.07, 6.45) is 52.7. The molecule has 0 heterocycles. The molecule has 0 aromatic heterocycles. The van der Waals surface area contributed by atoms with Crippen molar-refractivity contribution in [1.82, 2.24) is 0 Å². The van der Waals surface area contributed by atoms with Crippen LogP contribution in [0.15, 0.2) is 60.8 Å². The van der Waals surface area contributed by atoms with E-state index in [4.69, 9.17) is 9.47 Å². The maximum absolute atomic E-state index is 12.2. The van der Waals surface area contributed by atoms with Crippen molar-refractivity contribution in [2.45, 2.75) is 200 Å². The van der Waals surface area contributed by atoms with Gasteiger partial charge in [-0.1, -0.05) is 158 Å². The van der Waals surface area contributed by atoms with Crippen molar-refractivity contribution in [3.8, 4) is 0 Å². The maximum atomic E-state index is 12.2. The predicted octanol–water partition coefficient (Wildman–Crippen LogP) is 13.2. The van der Waals surface area contributed by atoms with Crippen molar-refractivity contribution in [2.24, 2.45) is 0 Å². The summed E-state index contributed by atoms with van der Waals surface area (Å²) in [6, 6.07) is 0. The Labute approximate surface area is 309 Å². The lowest BCUT2D eigenvalue weighted by molar-refractivity contribution is -0.161. The van der Waals surface area contributed by atoms with E-state index in [9.17, 15) is 14.7 Å². The molecule has 5 heteroatoms. The minimum absolute atomic E-state index is 0.0773. The fourth-order valence-electron chi connectivity index (χ4n) is 5.59. The molecule has 0 aliphatic heterocycles. The van der Waals surface area contributed by atoms with Gasteiger partial charge in [-0.15, -0.1) is 0 Å². The number of ether oxygens (including phenoxy) is 2. The predicted molar refractivity (Wildman–Crippen MR) is 214 cm³/mol. The van der Waals surface area contributed by atoms with Gasteiger partial charge < -0.3 is 14.6 Å². The van der Waals surface area contributed by atoms with Crippen LogP contribution in [0.2, 0.25) is 0 Å². The molecule has 288 valence electrons. The first-order valence-electron chi connectivity index (χ1n) is 20.8. The molecule has 0 spiro atoms. The van der Waals surface area contributed by atoms with Crippen LogP contribution in [0.3, 0.4) is 0 Å². The fourth-order valence-corrected chi connectivity index (χ4v) is 5.59. The number of aliphatic hydroxyl groups excluding tert-OH is 1. The monoisotopic (exact) mass is 699 g/mol. The van der Waals surface area contributed by atoms with Gasteiger partial charge >= 0.3 is 11.9 Å². The molecule has 0 saturated carbocycles. The van der Waals surface area contributed by atoms with Gasteiger partial charge in [0.25, 0.3) is 0 Å². The maximum Gasteiger partial charge on any atom is 0.306 e. The number of rotatable bonds is 37. The normalized spacial score (nSPS) is 12.8. The molecular formula is C45H78O5. The standard InChI is InChI=1S/C45H78O5/c1-3-5-7-9-11-13-15-17-19-21-22-24-26-28-30-32-34-36-38-40-45(48)50-43(41-46)42-49-44(47)39-37-35-33-31-29-27-25-23-20-18-16-14-12-10-8-6-4-2/h11-14,17-20,22,24,43,46H,3-10,15-16,21,23,25-42H2,1-2H3/b13-11-,14-12-,19-17-,20-18-,24-22-/t43-/m0/s1. The highest BCUT2D eigenvalue weighted by molar-refractivity contribution is 5.70. The molecule has 0 aromatic carbocycles. The molecule has 0 fully saturated rings. The first-order chi connectivity index (χ1) is 24.6. The van der Waals surface area contributed by atoms with Gasteiger partial charge in [-0.25, -0.2) is 0 Å². The summed E-state index contributed by atoms with van der Waals surface area (Å²) in [4.78, 5) is 24.3.